The molecule has 1 aliphatic heterocycles. The topological polar surface area (TPSA) is 90.4 Å². The molecule has 0 radical (unpaired) electrons. The van der Waals surface area contributed by atoms with Crippen molar-refractivity contribution >= 4 is 16.9 Å². The first-order valence-corrected chi connectivity index (χ1v) is 9.72. The van der Waals surface area contributed by atoms with Gasteiger partial charge in [0.05, 0.1) is 6.42 Å². The predicted molar refractivity (Wildman–Crippen MR) is 107 cm³/mol. The first kappa shape index (κ1) is 19.2. The van der Waals surface area contributed by atoms with E-state index in [1.54, 1.807) is 12.1 Å². The van der Waals surface area contributed by atoms with Gasteiger partial charge in [-0.1, -0.05) is 11.2 Å². The SMILES string of the molecule is O=C(O)C[C@H]1CCn2c1cc1cc(-c3noc(-c4cccc(OC(F)F)c4)n3)ccc12. The van der Waals surface area contributed by atoms with Gasteiger partial charge < -0.3 is 18.9 Å². The molecule has 3 heterocycles. The minimum Gasteiger partial charge on any atom is -0.481 e. The van der Waals surface area contributed by atoms with Gasteiger partial charge in [-0.25, -0.2) is 0 Å². The summed E-state index contributed by atoms with van der Waals surface area (Å²) in [4.78, 5) is 15.5. The fourth-order valence-corrected chi connectivity index (χ4v) is 4.13. The zero-order valence-corrected chi connectivity index (χ0v) is 16.2. The second-order valence-corrected chi connectivity index (χ2v) is 7.41. The average Bonchev–Trinajstić information content (AvgIpc) is 3.43. The lowest BCUT2D eigenvalue weighted by Crippen LogP contribution is -2.02. The summed E-state index contributed by atoms with van der Waals surface area (Å²) in [6.45, 7) is -2.13. The van der Waals surface area contributed by atoms with Crippen molar-refractivity contribution in [3.8, 4) is 28.6 Å². The number of halogens is 2. The van der Waals surface area contributed by atoms with Gasteiger partial charge in [0.15, 0.2) is 0 Å². The summed E-state index contributed by atoms with van der Waals surface area (Å²) in [6.07, 6.45) is 0.938. The summed E-state index contributed by atoms with van der Waals surface area (Å²) < 4.78 is 36.8. The van der Waals surface area contributed by atoms with E-state index in [1.807, 2.05) is 24.3 Å². The molecule has 0 amide bonds. The Labute approximate surface area is 174 Å². The molecule has 7 nitrogen and oxygen atoms in total. The van der Waals surface area contributed by atoms with Crippen molar-refractivity contribution in [3.05, 3.63) is 54.2 Å². The van der Waals surface area contributed by atoms with Crippen LogP contribution in [0.25, 0.3) is 33.7 Å². The van der Waals surface area contributed by atoms with Gasteiger partial charge in [-0.05, 0) is 48.9 Å². The van der Waals surface area contributed by atoms with E-state index in [0.29, 0.717) is 11.4 Å². The van der Waals surface area contributed by atoms with Crippen LogP contribution < -0.4 is 4.74 Å². The summed E-state index contributed by atoms with van der Waals surface area (Å²) in [5.41, 5.74) is 3.27. The minimum atomic E-state index is -2.92. The second-order valence-electron chi connectivity index (χ2n) is 7.41. The molecule has 4 aromatic rings. The van der Waals surface area contributed by atoms with Crippen LogP contribution in [0.1, 0.15) is 24.5 Å². The minimum absolute atomic E-state index is 0.00728. The molecule has 0 saturated carbocycles. The van der Waals surface area contributed by atoms with Crippen molar-refractivity contribution < 1.29 is 27.9 Å². The number of aliphatic carboxylic acids is 1. The summed E-state index contributed by atoms with van der Waals surface area (Å²) in [5, 5.41) is 14.1. The molecule has 1 atom stereocenters. The van der Waals surface area contributed by atoms with E-state index in [4.69, 9.17) is 9.63 Å². The molecule has 0 bridgehead atoms. The first-order valence-electron chi connectivity index (χ1n) is 9.72. The number of nitrogens with zero attached hydrogens (tertiary/aromatic N) is 3. The molecule has 0 spiro atoms. The highest BCUT2D eigenvalue weighted by Gasteiger charge is 2.27. The number of hydrogen-bond acceptors (Lipinski definition) is 5. The van der Waals surface area contributed by atoms with Crippen LogP contribution in [0.2, 0.25) is 0 Å². The maximum Gasteiger partial charge on any atom is 0.387 e. The quantitative estimate of drug-likeness (QED) is 0.472. The number of rotatable bonds is 6. The fraction of sp³-hybridized carbons (Fsp3) is 0.227. The van der Waals surface area contributed by atoms with Crippen molar-refractivity contribution in [2.45, 2.75) is 31.9 Å². The molecule has 1 N–H and O–H groups in total. The number of carboxylic acid groups (broad SMARTS) is 1. The molecule has 5 rings (SSSR count). The van der Waals surface area contributed by atoms with Gasteiger partial charge in [0.25, 0.3) is 5.89 Å². The molecule has 0 aliphatic carbocycles. The average molecular weight is 425 g/mol. The van der Waals surface area contributed by atoms with E-state index >= 15 is 0 Å². The maximum absolute atomic E-state index is 12.4. The highest BCUT2D eigenvalue weighted by Crippen LogP contribution is 2.37. The van der Waals surface area contributed by atoms with Crippen LogP contribution in [0.3, 0.4) is 0 Å². The van der Waals surface area contributed by atoms with Crippen molar-refractivity contribution in [2.75, 3.05) is 0 Å². The van der Waals surface area contributed by atoms with Gasteiger partial charge >= 0.3 is 12.6 Å². The highest BCUT2D eigenvalue weighted by molar-refractivity contribution is 5.86. The van der Waals surface area contributed by atoms with Gasteiger partial charge in [-0.3, -0.25) is 4.79 Å². The van der Waals surface area contributed by atoms with Crippen LogP contribution in [-0.4, -0.2) is 32.4 Å². The van der Waals surface area contributed by atoms with Crippen molar-refractivity contribution in [2.24, 2.45) is 0 Å². The molecular weight excluding hydrogens is 408 g/mol. The van der Waals surface area contributed by atoms with Crippen molar-refractivity contribution in [1.29, 1.82) is 0 Å². The van der Waals surface area contributed by atoms with Crippen molar-refractivity contribution in [3.63, 3.8) is 0 Å². The lowest BCUT2D eigenvalue weighted by atomic mass is 10.0. The van der Waals surface area contributed by atoms with E-state index in [9.17, 15) is 13.6 Å². The van der Waals surface area contributed by atoms with E-state index in [1.165, 1.54) is 12.1 Å². The smallest absolute Gasteiger partial charge is 0.387 e. The van der Waals surface area contributed by atoms with Crippen LogP contribution in [0.15, 0.2) is 53.1 Å². The zero-order valence-electron chi connectivity index (χ0n) is 16.2. The Balaban J connectivity index is 1.45. The molecule has 158 valence electrons. The van der Waals surface area contributed by atoms with E-state index in [2.05, 4.69) is 19.4 Å². The van der Waals surface area contributed by atoms with Crippen LogP contribution in [0.5, 0.6) is 5.75 Å². The maximum atomic E-state index is 12.4. The number of aryl methyl sites for hydroxylation is 1. The Morgan fingerprint density at radius 1 is 1.23 bits per heavy atom. The monoisotopic (exact) mass is 425 g/mol. The van der Waals surface area contributed by atoms with Crippen molar-refractivity contribution in [1.82, 2.24) is 14.7 Å². The molecule has 1 aliphatic rings. The van der Waals surface area contributed by atoms with Gasteiger partial charge in [0, 0.05) is 40.2 Å². The van der Waals surface area contributed by atoms with Crippen LogP contribution in [0, 0.1) is 0 Å². The Morgan fingerprint density at radius 2 is 2.10 bits per heavy atom. The third-order valence-corrected chi connectivity index (χ3v) is 5.46. The first-order chi connectivity index (χ1) is 15.0. The molecule has 0 unspecified atom stereocenters. The second kappa shape index (κ2) is 7.50. The normalized spacial score (nSPS) is 15.5. The van der Waals surface area contributed by atoms with E-state index < -0.39 is 12.6 Å². The largest absolute Gasteiger partial charge is 0.481 e. The van der Waals surface area contributed by atoms with Crippen LogP contribution in [-0.2, 0) is 11.3 Å². The lowest BCUT2D eigenvalue weighted by Gasteiger charge is -2.04. The highest BCUT2D eigenvalue weighted by atomic mass is 19.3. The molecule has 9 heteroatoms. The Kier molecular flexibility index (Phi) is 4.65. The third-order valence-electron chi connectivity index (χ3n) is 5.46. The van der Waals surface area contributed by atoms with Gasteiger partial charge in [0.2, 0.25) is 5.82 Å². The van der Waals surface area contributed by atoms with Crippen LogP contribution in [0.4, 0.5) is 8.78 Å². The number of benzene rings is 2. The summed E-state index contributed by atoms with van der Waals surface area (Å²) >= 11 is 0. The summed E-state index contributed by atoms with van der Waals surface area (Å²) in [6, 6.07) is 13.9. The van der Waals surface area contributed by atoms with Gasteiger partial charge in [0.1, 0.15) is 5.75 Å². The molecule has 2 aromatic carbocycles. The summed E-state index contributed by atoms with van der Waals surface area (Å²) in [7, 11) is 0. The van der Waals surface area contributed by atoms with Gasteiger partial charge in [-0.2, -0.15) is 13.8 Å². The summed E-state index contributed by atoms with van der Waals surface area (Å²) in [5.74, 6) is -0.228. The van der Waals surface area contributed by atoms with Gasteiger partial charge in [-0.15, -0.1) is 0 Å². The molecule has 0 saturated heterocycles. The number of ether oxygens (including phenoxy) is 1. The third kappa shape index (κ3) is 3.63. The fourth-order valence-electron chi connectivity index (χ4n) is 4.13. The number of fused-ring (bicyclic) bond motifs is 3. The number of alkyl halides is 2. The van der Waals surface area contributed by atoms with Crippen LogP contribution >= 0.6 is 0 Å². The number of hydrogen-bond donors (Lipinski definition) is 1. The Bertz CT molecular complexity index is 1280. The predicted octanol–water partition coefficient (Wildman–Crippen LogP) is 4.92. The number of carbonyl (C=O) groups is 1. The molecular formula is C22H17F2N3O4. The Hall–Kier alpha value is -3.75. The standard InChI is InChI=1S/C22H17F2N3O4/c23-22(24)30-16-3-1-2-14(9-16)21-25-20(26-31-21)13-4-5-17-15(8-13)10-18-12(11-19(28)29)6-7-27(17)18/h1-5,8-10,12,22H,6-7,11H2,(H,28,29)/t12-/m1/s1. The van der Waals surface area contributed by atoms with E-state index in [-0.39, 0.29) is 24.0 Å². The number of carboxylic acids is 1. The Morgan fingerprint density at radius 3 is 2.90 bits per heavy atom. The molecule has 31 heavy (non-hydrogen) atoms. The number of aromatic nitrogens is 3. The lowest BCUT2D eigenvalue weighted by molar-refractivity contribution is -0.137. The molecule has 2 aromatic heterocycles. The van der Waals surface area contributed by atoms with E-state index in [0.717, 1.165) is 35.1 Å². The molecule has 0 fully saturated rings. The zero-order chi connectivity index (χ0) is 21.5.